The van der Waals surface area contributed by atoms with Crippen LogP contribution in [0.1, 0.15) is 25.0 Å². The molecule has 13 nitrogen and oxygen atoms in total. The van der Waals surface area contributed by atoms with Gasteiger partial charge in [0.2, 0.25) is 17.7 Å². The number of carbonyl (C=O) groups excluding carboxylic acids is 3. The van der Waals surface area contributed by atoms with Crippen molar-refractivity contribution in [2.24, 2.45) is 5.73 Å². The van der Waals surface area contributed by atoms with Gasteiger partial charge in [-0.05, 0) is 24.9 Å². The maximum atomic E-state index is 13.0. The molecule has 4 atom stereocenters. The lowest BCUT2D eigenvalue weighted by Crippen LogP contribution is -2.58. The summed E-state index contributed by atoms with van der Waals surface area (Å²) in [5, 5.41) is 25.4. The lowest BCUT2D eigenvalue weighted by atomic mass is 10.1. The summed E-state index contributed by atoms with van der Waals surface area (Å²) in [5.41, 5.74) is 6.31. The minimum absolute atomic E-state index is 0.0662. The monoisotopic (exact) mass is 518 g/mol. The Morgan fingerprint density at radius 3 is 2.21 bits per heavy atom. The number of nitrogens with two attached hydrogens (primary N) is 1. The third-order valence-electron chi connectivity index (χ3n) is 4.66. The number of aromatic nitrogens is 2. The summed E-state index contributed by atoms with van der Waals surface area (Å²) in [6, 6.07) is -4.72. The van der Waals surface area contributed by atoms with Crippen LogP contribution >= 0.6 is 24.4 Å². The van der Waals surface area contributed by atoms with Crippen molar-refractivity contribution >= 4 is 54.1 Å². The van der Waals surface area contributed by atoms with Gasteiger partial charge in [0.05, 0.1) is 12.4 Å². The van der Waals surface area contributed by atoms with E-state index in [0.717, 1.165) is 0 Å². The number of carbonyl (C=O) groups is 5. The summed E-state index contributed by atoms with van der Waals surface area (Å²) in [6.45, 7) is 0. The van der Waals surface area contributed by atoms with Crippen LogP contribution in [0, 0.1) is 0 Å². The molecular formula is C19H30N6O7S2. The number of nitrogens with zero attached hydrogens (tertiary/aromatic N) is 1. The second-order valence-corrected chi connectivity index (χ2v) is 8.66. The first-order valence-electron chi connectivity index (χ1n) is 10.3. The lowest BCUT2D eigenvalue weighted by Gasteiger charge is -2.24. The average molecular weight is 519 g/mol. The smallest absolute Gasteiger partial charge is 0.327 e. The predicted octanol–water partition coefficient (Wildman–Crippen LogP) is -1.63. The second-order valence-electron chi connectivity index (χ2n) is 7.31. The van der Waals surface area contributed by atoms with Crippen molar-refractivity contribution in [1.29, 1.82) is 0 Å². The van der Waals surface area contributed by atoms with Crippen LogP contribution in [0.15, 0.2) is 12.5 Å². The molecule has 0 radical (unpaired) electrons. The normalized spacial score (nSPS) is 14.3. The van der Waals surface area contributed by atoms with Crippen LogP contribution < -0.4 is 21.7 Å². The Labute approximate surface area is 205 Å². The highest BCUT2D eigenvalue weighted by atomic mass is 32.2. The molecule has 34 heavy (non-hydrogen) atoms. The largest absolute Gasteiger partial charge is 0.481 e. The van der Waals surface area contributed by atoms with Crippen LogP contribution in [0.2, 0.25) is 0 Å². The number of rotatable bonds is 16. The van der Waals surface area contributed by atoms with Gasteiger partial charge in [-0.1, -0.05) is 0 Å². The molecule has 8 N–H and O–H groups in total. The van der Waals surface area contributed by atoms with Gasteiger partial charge in [-0.15, -0.1) is 0 Å². The number of carboxylic acid groups (broad SMARTS) is 2. The quantitative estimate of drug-likeness (QED) is 0.117. The molecule has 0 fully saturated rings. The van der Waals surface area contributed by atoms with E-state index in [-0.39, 0.29) is 18.6 Å². The Morgan fingerprint density at radius 2 is 1.68 bits per heavy atom. The summed E-state index contributed by atoms with van der Waals surface area (Å²) in [6.07, 6.45) is 4.27. The van der Waals surface area contributed by atoms with Gasteiger partial charge in [-0.25, -0.2) is 9.78 Å². The van der Waals surface area contributed by atoms with E-state index >= 15 is 0 Å². The van der Waals surface area contributed by atoms with E-state index in [1.165, 1.54) is 24.3 Å². The number of carboxylic acids is 2. The molecule has 1 aromatic rings. The van der Waals surface area contributed by atoms with Gasteiger partial charge < -0.3 is 36.9 Å². The fourth-order valence-electron chi connectivity index (χ4n) is 2.75. The molecule has 1 heterocycles. The van der Waals surface area contributed by atoms with Crippen LogP contribution in [0.3, 0.4) is 0 Å². The van der Waals surface area contributed by atoms with E-state index < -0.39 is 60.2 Å². The molecule has 3 amide bonds. The highest BCUT2D eigenvalue weighted by molar-refractivity contribution is 7.98. The summed E-state index contributed by atoms with van der Waals surface area (Å²) < 4.78 is 0. The van der Waals surface area contributed by atoms with Crippen molar-refractivity contribution in [3.63, 3.8) is 0 Å². The molecule has 0 aliphatic heterocycles. The molecule has 0 saturated carbocycles. The molecule has 190 valence electrons. The number of aliphatic carboxylic acids is 2. The van der Waals surface area contributed by atoms with Gasteiger partial charge in [0.15, 0.2) is 0 Å². The van der Waals surface area contributed by atoms with Gasteiger partial charge in [0, 0.05) is 30.5 Å². The minimum atomic E-state index is -1.30. The van der Waals surface area contributed by atoms with E-state index in [1.54, 1.807) is 0 Å². The van der Waals surface area contributed by atoms with Crippen LogP contribution in [-0.4, -0.2) is 91.8 Å². The zero-order valence-electron chi connectivity index (χ0n) is 18.5. The maximum Gasteiger partial charge on any atom is 0.327 e. The number of aromatic amines is 1. The molecule has 0 aliphatic rings. The molecular weight excluding hydrogens is 488 g/mol. The average Bonchev–Trinajstić information content (AvgIpc) is 3.30. The molecule has 0 aliphatic carbocycles. The predicted molar refractivity (Wildman–Crippen MR) is 127 cm³/mol. The highest BCUT2D eigenvalue weighted by Crippen LogP contribution is 2.05. The summed E-state index contributed by atoms with van der Waals surface area (Å²) in [4.78, 5) is 67.0. The topological polar surface area (TPSA) is 217 Å². The number of thioether (sulfide) groups is 1. The molecule has 0 spiro atoms. The maximum absolute atomic E-state index is 13.0. The third-order valence-corrected chi connectivity index (χ3v) is 5.67. The Morgan fingerprint density at radius 1 is 1.06 bits per heavy atom. The molecule has 4 unspecified atom stereocenters. The van der Waals surface area contributed by atoms with E-state index in [9.17, 15) is 29.1 Å². The summed E-state index contributed by atoms with van der Waals surface area (Å²) in [5.74, 6) is -4.30. The summed E-state index contributed by atoms with van der Waals surface area (Å²) >= 11 is 5.39. The Hall–Kier alpha value is -2.78. The van der Waals surface area contributed by atoms with Gasteiger partial charge in [0.1, 0.15) is 18.1 Å². The number of thiol groups is 1. The Bertz CT molecular complexity index is 839. The van der Waals surface area contributed by atoms with Crippen LogP contribution in [0.5, 0.6) is 0 Å². The van der Waals surface area contributed by atoms with E-state index in [1.807, 2.05) is 6.26 Å². The number of amides is 3. The Kier molecular flexibility index (Phi) is 13.1. The number of nitrogens with one attached hydrogen (secondary N) is 4. The zero-order chi connectivity index (χ0) is 25.7. The lowest BCUT2D eigenvalue weighted by molar-refractivity contribution is -0.141. The van der Waals surface area contributed by atoms with Crippen LogP contribution in [-0.2, 0) is 30.4 Å². The van der Waals surface area contributed by atoms with Crippen molar-refractivity contribution < 1.29 is 34.2 Å². The van der Waals surface area contributed by atoms with Crippen LogP contribution in [0.25, 0.3) is 0 Å². The molecule has 0 saturated heterocycles. The first-order valence-corrected chi connectivity index (χ1v) is 12.3. The first-order chi connectivity index (χ1) is 16.1. The van der Waals surface area contributed by atoms with Gasteiger partial charge >= 0.3 is 11.9 Å². The van der Waals surface area contributed by atoms with Crippen molar-refractivity contribution in [2.45, 2.75) is 49.9 Å². The second kappa shape index (κ2) is 15.2. The standard InChI is InChI=1S/C19H30N6O7S2/c1-34-5-4-11(20)16(28)23-12(2-3-15(26)27)17(29)24-13(6-10-7-21-9-22-10)18(30)25-14(8-33)19(31)32/h7,9,11-14,33H,2-6,8,20H2,1H3,(H,21,22)(H,23,28)(H,24,29)(H,25,30)(H,26,27)(H,31,32). The van der Waals surface area contributed by atoms with Crippen molar-refractivity contribution in [2.75, 3.05) is 17.8 Å². The van der Waals surface area contributed by atoms with E-state index in [2.05, 4.69) is 38.5 Å². The van der Waals surface area contributed by atoms with Gasteiger partial charge in [-0.2, -0.15) is 24.4 Å². The van der Waals surface area contributed by atoms with Gasteiger partial charge in [0.25, 0.3) is 0 Å². The van der Waals surface area contributed by atoms with Crippen LogP contribution in [0.4, 0.5) is 0 Å². The Balaban J connectivity index is 3.02. The molecule has 15 heteroatoms. The molecule has 1 aromatic heterocycles. The number of hydrogen-bond donors (Lipinski definition) is 8. The van der Waals surface area contributed by atoms with Crippen molar-refractivity contribution in [1.82, 2.24) is 25.9 Å². The fourth-order valence-corrected chi connectivity index (χ4v) is 3.48. The fraction of sp³-hybridized carbons (Fsp3) is 0.579. The minimum Gasteiger partial charge on any atom is -0.481 e. The highest BCUT2D eigenvalue weighted by Gasteiger charge is 2.30. The first kappa shape index (κ1) is 29.3. The molecule has 1 rings (SSSR count). The van der Waals surface area contributed by atoms with Crippen molar-refractivity contribution in [3.8, 4) is 0 Å². The number of H-pyrrole nitrogens is 1. The van der Waals surface area contributed by atoms with E-state index in [0.29, 0.717) is 17.9 Å². The zero-order valence-corrected chi connectivity index (χ0v) is 20.2. The summed E-state index contributed by atoms with van der Waals surface area (Å²) in [7, 11) is 0. The SMILES string of the molecule is CSCCC(N)C(=O)NC(CCC(=O)O)C(=O)NC(Cc1cnc[nH]1)C(=O)NC(CS)C(=O)O. The van der Waals surface area contributed by atoms with Crippen molar-refractivity contribution in [3.05, 3.63) is 18.2 Å². The third kappa shape index (κ3) is 10.4. The number of imidazole rings is 1. The van der Waals surface area contributed by atoms with Gasteiger partial charge in [-0.3, -0.25) is 19.2 Å². The number of hydrogen-bond acceptors (Lipinski definition) is 9. The van der Waals surface area contributed by atoms with E-state index in [4.69, 9.17) is 10.8 Å². The molecule has 0 bridgehead atoms. The molecule has 0 aromatic carbocycles.